The van der Waals surface area contributed by atoms with Crippen LogP contribution < -0.4 is 0 Å². The molecule has 2 aromatic rings. The first kappa shape index (κ1) is 8.62. The summed E-state index contributed by atoms with van der Waals surface area (Å²) in [4.78, 5) is 14.6. The molecule has 0 aliphatic rings. The zero-order chi connectivity index (χ0) is 9.97. The van der Waals surface area contributed by atoms with Crippen molar-refractivity contribution in [2.45, 2.75) is 0 Å². The Bertz CT molecular complexity index is 445. The van der Waals surface area contributed by atoms with Crippen LogP contribution >= 0.6 is 0 Å². The summed E-state index contributed by atoms with van der Waals surface area (Å²) in [7, 11) is 1.85. The minimum Gasteiger partial charge on any atom is -0.298 e. The summed E-state index contributed by atoms with van der Waals surface area (Å²) in [6.07, 6.45) is 5.95. The number of pyridine rings is 1. The summed E-state index contributed by atoms with van der Waals surface area (Å²) in [5.41, 5.74) is 2.35. The van der Waals surface area contributed by atoms with Gasteiger partial charge in [0.05, 0.1) is 11.9 Å². The lowest BCUT2D eigenvalue weighted by atomic mass is 10.2. The Kier molecular flexibility index (Phi) is 2.10. The van der Waals surface area contributed by atoms with Crippen LogP contribution in [0.25, 0.3) is 11.3 Å². The Labute approximate surface area is 81.2 Å². The van der Waals surface area contributed by atoms with Crippen LogP contribution in [0.3, 0.4) is 0 Å². The van der Waals surface area contributed by atoms with E-state index >= 15 is 0 Å². The van der Waals surface area contributed by atoms with Crippen LogP contribution in [0.1, 0.15) is 10.4 Å². The standard InChI is InChI=1S/C10H9N3O/c1-13-6-9(5-12-13)10-3-2-8(7-14)4-11-10/h2-7H,1H3. The molecule has 0 saturated carbocycles. The fourth-order valence-corrected chi connectivity index (χ4v) is 1.20. The Morgan fingerprint density at radius 2 is 2.21 bits per heavy atom. The molecule has 0 saturated heterocycles. The third-order valence-corrected chi connectivity index (χ3v) is 1.92. The molecular formula is C10H9N3O. The third kappa shape index (κ3) is 1.54. The third-order valence-electron chi connectivity index (χ3n) is 1.92. The topological polar surface area (TPSA) is 47.8 Å². The quantitative estimate of drug-likeness (QED) is 0.665. The molecule has 0 atom stereocenters. The molecule has 0 aliphatic carbocycles. The van der Waals surface area contributed by atoms with E-state index in [1.54, 1.807) is 29.2 Å². The van der Waals surface area contributed by atoms with Crippen LogP contribution in [0.4, 0.5) is 0 Å². The number of carbonyl (C=O) groups is 1. The first-order valence-electron chi connectivity index (χ1n) is 4.20. The van der Waals surface area contributed by atoms with E-state index in [2.05, 4.69) is 10.1 Å². The maximum absolute atomic E-state index is 10.4. The first-order chi connectivity index (χ1) is 6.79. The maximum Gasteiger partial charge on any atom is 0.151 e. The van der Waals surface area contributed by atoms with Gasteiger partial charge in [-0.25, -0.2) is 0 Å². The molecule has 0 unspecified atom stereocenters. The molecule has 2 rings (SSSR count). The Hall–Kier alpha value is -1.97. The lowest BCUT2D eigenvalue weighted by Gasteiger charge is -1.95. The van der Waals surface area contributed by atoms with Gasteiger partial charge in [-0.3, -0.25) is 14.5 Å². The summed E-state index contributed by atoms with van der Waals surface area (Å²) in [5, 5.41) is 4.04. The Balaban J connectivity index is 2.38. The van der Waals surface area contributed by atoms with Crippen LogP contribution in [0, 0.1) is 0 Å². The molecule has 0 radical (unpaired) electrons. The molecule has 0 N–H and O–H groups in total. The Morgan fingerprint density at radius 1 is 1.36 bits per heavy atom. The van der Waals surface area contributed by atoms with Gasteiger partial charge in [0.15, 0.2) is 6.29 Å². The van der Waals surface area contributed by atoms with Gasteiger partial charge in [0.25, 0.3) is 0 Å². The summed E-state index contributed by atoms with van der Waals surface area (Å²) >= 11 is 0. The van der Waals surface area contributed by atoms with Gasteiger partial charge >= 0.3 is 0 Å². The molecule has 4 nitrogen and oxygen atoms in total. The van der Waals surface area contributed by atoms with Crippen molar-refractivity contribution < 1.29 is 4.79 Å². The first-order valence-corrected chi connectivity index (χ1v) is 4.20. The van der Waals surface area contributed by atoms with Crippen molar-refractivity contribution in [2.75, 3.05) is 0 Å². The van der Waals surface area contributed by atoms with E-state index in [0.717, 1.165) is 17.5 Å². The zero-order valence-electron chi connectivity index (χ0n) is 7.71. The van der Waals surface area contributed by atoms with Crippen molar-refractivity contribution in [3.05, 3.63) is 36.3 Å². The SMILES string of the molecule is Cn1cc(-c2ccc(C=O)cn2)cn1. The second kappa shape index (κ2) is 3.41. The average molecular weight is 187 g/mol. The van der Waals surface area contributed by atoms with Crippen molar-refractivity contribution in [2.24, 2.45) is 7.05 Å². The molecule has 2 heterocycles. The molecular weight excluding hydrogens is 178 g/mol. The summed E-state index contributed by atoms with van der Waals surface area (Å²) in [6, 6.07) is 3.54. The second-order valence-electron chi connectivity index (χ2n) is 3.00. The largest absolute Gasteiger partial charge is 0.298 e. The van der Waals surface area contributed by atoms with Gasteiger partial charge in [0.2, 0.25) is 0 Å². The average Bonchev–Trinajstić information content (AvgIpc) is 2.65. The second-order valence-corrected chi connectivity index (χ2v) is 3.00. The predicted octanol–water partition coefficient (Wildman–Crippen LogP) is 1.29. The normalized spacial score (nSPS) is 10.1. The van der Waals surface area contributed by atoms with E-state index in [9.17, 15) is 4.79 Å². The molecule has 0 fully saturated rings. The highest BCUT2D eigenvalue weighted by atomic mass is 16.1. The van der Waals surface area contributed by atoms with Crippen molar-refractivity contribution >= 4 is 6.29 Å². The zero-order valence-corrected chi connectivity index (χ0v) is 7.71. The highest BCUT2D eigenvalue weighted by Crippen LogP contribution is 2.14. The molecule has 4 heteroatoms. The van der Waals surface area contributed by atoms with Crippen LogP contribution in [0.15, 0.2) is 30.7 Å². The number of aromatic nitrogens is 3. The van der Waals surface area contributed by atoms with Gasteiger partial charge in [0.1, 0.15) is 0 Å². The van der Waals surface area contributed by atoms with Crippen LogP contribution in [0.5, 0.6) is 0 Å². The lowest BCUT2D eigenvalue weighted by molar-refractivity contribution is 0.112. The van der Waals surface area contributed by atoms with E-state index < -0.39 is 0 Å². The number of hydrogen-bond acceptors (Lipinski definition) is 3. The van der Waals surface area contributed by atoms with Crippen molar-refractivity contribution in [3.8, 4) is 11.3 Å². The van der Waals surface area contributed by atoms with Gasteiger partial charge in [-0.1, -0.05) is 0 Å². The molecule has 0 amide bonds. The fourth-order valence-electron chi connectivity index (χ4n) is 1.20. The van der Waals surface area contributed by atoms with Crippen molar-refractivity contribution in [1.82, 2.24) is 14.8 Å². The summed E-state index contributed by atoms with van der Waals surface area (Å²) in [6.45, 7) is 0. The Morgan fingerprint density at radius 3 is 2.71 bits per heavy atom. The minimum atomic E-state index is 0.581. The van der Waals surface area contributed by atoms with Gasteiger partial charge in [-0.15, -0.1) is 0 Å². The van der Waals surface area contributed by atoms with Crippen molar-refractivity contribution in [3.63, 3.8) is 0 Å². The minimum absolute atomic E-state index is 0.581. The monoisotopic (exact) mass is 187 g/mol. The predicted molar refractivity (Wildman–Crippen MR) is 51.8 cm³/mol. The van der Waals surface area contributed by atoms with Crippen LogP contribution in [0.2, 0.25) is 0 Å². The summed E-state index contributed by atoms with van der Waals surface area (Å²) < 4.78 is 1.71. The van der Waals surface area contributed by atoms with E-state index in [1.165, 1.54) is 0 Å². The van der Waals surface area contributed by atoms with Gasteiger partial charge < -0.3 is 0 Å². The van der Waals surface area contributed by atoms with E-state index in [4.69, 9.17) is 0 Å². The van der Waals surface area contributed by atoms with Gasteiger partial charge in [-0.05, 0) is 12.1 Å². The smallest absolute Gasteiger partial charge is 0.151 e. The highest BCUT2D eigenvalue weighted by molar-refractivity contribution is 5.75. The molecule has 0 aromatic carbocycles. The molecule has 0 spiro atoms. The lowest BCUT2D eigenvalue weighted by Crippen LogP contribution is -1.86. The molecule has 70 valence electrons. The number of hydrogen-bond donors (Lipinski definition) is 0. The number of nitrogens with zero attached hydrogens (tertiary/aromatic N) is 3. The van der Waals surface area contributed by atoms with Gasteiger partial charge in [-0.2, -0.15) is 5.10 Å². The van der Waals surface area contributed by atoms with Gasteiger partial charge in [0, 0.05) is 30.6 Å². The summed E-state index contributed by atoms with van der Waals surface area (Å²) in [5.74, 6) is 0. The highest BCUT2D eigenvalue weighted by Gasteiger charge is 2.00. The maximum atomic E-state index is 10.4. The number of rotatable bonds is 2. The van der Waals surface area contributed by atoms with E-state index in [0.29, 0.717) is 5.56 Å². The molecule has 2 aromatic heterocycles. The van der Waals surface area contributed by atoms with Crippen LogP contribution in [-0.4, -0.2) is 21.1 Å². The fraction of sp³-hybridized carbons (Fsp3) is 0.100. The van der Waals surface area contributed by atoms with E-state index in [1.807, 2.05) is 13.2 Å². The van der Waals surface area contributed by atoms with Crippen molar-refractivity contribution in [1.29, 1.82) is 0 Å². The molecule has 0 bridgehead atoms. The number of carbonyl (C=O) groups excluding carboxylic acids is 1. The van der Waals surface area contributed by atoms with Crippen LogP contribution in [-0.2, 0) is 7.05 Å². The number of aldehydes is 1. The molecule has 0 aliphatic heterocycles. The van der Waals surface area contributed by atoms with E-state index in [-0.39, 0.29) is 0 Å². The molecule has 14 heavy (non-hydrogen) atoms. The number of aryl methyl sites for hydroxylation is 1.